The Morgan fingerprint density at radius 3 is 2.35 bits per heavy atom. The molecule has 1 aliphatic heterocycles. The normalized spacial score (nSPS) is 15.5. The van der Waals surface area contributed by atoms with Crippen LogP contribution in [0.2, 0.25) is 0 Å². The number of benzene rings is 2. The summed E-state index contributed by atoms with van der Waals surface area (Å²) in [5, 5.41) is 4.69. The molecule has 0 saturated carbocycles. The van der Waals surface area contributed by atoms with Crippen LogP contribution in [0.15, 0.2) is 76.3 Å². The van der Waals surface area contributed by atoms with E-state index in [4.69, 9.17) is 4.74 Å². The van der Waals surface area contributed by atoms with Crippen LogP contribution in [0.3, 0.4) is 0 Å². The van der Waals surface area contributed by atoms with Crippen molar-refractivity contribution in [2.75, 3.05) is 18.4 Å². The van der Waals surface area contributed by atoms with Gasteiger partial charge in [0, 0.05) is 24.7 Å². The van der Waals surface area contributed by atoms with E-state index in [0.29, 0.717) is 42.4 Å². The summed E-state index contributed by atoms with van der Waals surface area (Å²) in [5.41, 5.74) is 1.79. The van der Waals surface area contributed by atoms with Crippen molar-refractivity contribution in [3.63, 3.8) is 0 Å². The SMILES string of the molecule is O=C(Nc1ccc(OCc2ccccc2)cc1)C1CCN(S(=O)(=O)c2cccs2)CC1. The van der Waals surface area contributed by atoms with Gasteiger partial charge in [-0.3, -0.25) is 4.79 Å². The third kappa shape index (κ3) is 5.33. The zero-order valence-electron chi connectivity index (χ0n) is 16.9. The van der Waals surface area contributed by atoms with Crippen molar-refractivity contribution in [2.45, 2.75) is 23.7 Å². The standard InChI is InChI=1S/C23H24N2O4S2/c26-23(19-12-14-25(15-13-19)31(27,28)22-7-4-16-30-22)24-20-8-10-21(11-9-20)29-17-18-5-2-1-3-6-18/h1-11,16,19H,12-15,17H2,(H,24,26). The minimum absolute atomic E-state index is 0.0777. The molecule has 0 spiro atoms. The van der Waals surface area contributed by atoms with Gasteiger partial charge in [0.15, 0.2) is 0 Å². The van der Waals surface area contributed by atoms with Gasteiger partial charge in [0.05, 0.1) is 0 Å². The molecule has 3 aromatic rings. The second-order valence-electron chi connectivity index (χ2n) is 7.40. The summed E-state index contributed by atoms with van der Waals surface area (Å²) < 4.78 is 32.8. The number of nitrogens with zero attached hydrogens (tertiary/aromatic N) is 1. The second kappa shape index (κ2) is 9.64. The van der Waals surface area contributed by atoms with Gasteiger partial charge in [-0.2, -0.15) is 4.31 Å². The van der Waals surface area contributed by atoms with Crippen LogP contribution in [0.5, 0.6) is 5.75 Å². The molecule has 31 heavy (non-hydrogen) atoms. The van der Waals surface area contributed by atoms with E-state index in [2.05, 4.69) is 5.32 Å². The maximum atomic E-state index is 12.6. The number of anilines is 1. The number of rotatable bonds is 7. The Labute approximate surface area is 186 Å². The van der Waals surface area contributed by atoms with Crippen LogP contribution >= 0.6 is 11.3 Å². The number of hydrogen-bond donors (Lipinski definition) is 1. The molecule has 1 aromatic heterocycles. The molecule has 1 saturated heterocycles. The molecule has 0 unspecified atom stereocenters. The first-order valence-corrected chi connectivity index (χ1v) is 12.5. The number of sulfonamides is 1. The van der Waals surface area contributed by atoms with Gasteiger partial charge in [0.1, 0.15) is 16.6 Å². The summed E-state index contributed by atoms with van der Waals surface area (Å²) in [5.74, 6) is 0.448. The second-order valence-corrected chi connectivity index (χ2v) is 10.5. The van der Waals surface area contributed by atoms with Crippen LogP contribution in [-0.2, 0) is 21.4 Å². The summed E-state index contributed by atoms with van der Waals surface area (Å²) in [7, 11) is -3.45. The van der Waals surface area contributed by atoms with Gasteiger partial charge >= 0.3 is 0 Å². The number of piperidine rings is 1. The quantitative estimate of drug-likeness (QED) is 0.573. The van der Waals surface area contributed by atoms with Gasteiger partial charge in [-0.25, -0.2) is 8.42 Å². The first-order valence-electron chi connectivity index (χ1n) is 10.1. The van der Waals surface area contributed by atoms with Crippen LogP contribution in [-0.4, -0.2) is 31.7 Å². The van der Waals surface area contributed by atoms with E-state index in [-0.39, 0.29) is 11.8 Å². The molecule has 0 bridgehead atoms. The van der Waals surface area contributed by atoms with Crippen molar-refractivity contribution in [2.24, 2.45) is 5.92 Å². The lowest BCUT2D eigenvalue weighted by atomic mass is 9.97. The van der Waals surface area contributed by atoms with E-state index in [1.54, 1.807) is 17.5 Å². The molecule has 0 aliphatic carbocycles. The molecule has 1 N–H and O–H groups in total. The molecule has 162 valence electrons. The van der Waals surface area contributed by atoms with Gasteiger partial charge in [-0.15, -0.1) is 11.3 Å². The molecule has 8 heteroatoms. The zero-order valence-corrected chi connectivity index (χ0v) is 18.6. The molecule has 2 heterocycles. The van der Waals surface area contributed by atoms with Gasteiger partial charge in [-0.05, 0) is 54.1 Å². The Morgan fingerprint density at radius 2 is 1.71 bits per heavy atom. The van der Waals surface area contributed by atoms with Crippen molar-refractivity contribution >= 4 is 33.0 Å². The van der Waals surface area contributed by atoms with Crippen LogP contribution in [0.25, 0.3) is 0 Å². The topological polar surface area (TPSA) is 75.7 Å². The fourth-order valence-corrected chi connectivity index (χ4v) is 6.13. The highest BCUT2D eigenvalue weighted by Crippen LogP contribution is 2.27. The number of carbonyl (C=O) groups is 1. The maximum absolute atomic E-state index is 12.6. The summed E-state index contributed by atoms with van der Waals surface area (Å²) in [6.07, 6.45) is 1.02. The first-order chi connectivity index (χ1) is 15.0. The van der Waals surface area contributed by atoms with Crippen LogP contribution < -0.4 is 10.1 Å². The molecule has 0 radical (unpaired) electrons. The maximum Gasteiger partial charge on any atom is 0.252 e. The average Bonchev–Trinajstić information content (AvgIpc) is 3.35. The Kier molecular flexibility index (Phi) is 6.70. The average molecular weight is 457 g/mol. The molecule has 0 atom stereocenters. The van der Waals surface area contributed by atoms with E-state index < -0.39 is 10.0 Å². The molecular formula is C23H24N2O4S2. The van der Waals surface area contributed by atoms with E-state index in [0.717, 1.165) is 11.3 Å². The molecule has 1 aliphatic rings. The third-order valence-corrected chi connectivity index (χ3v) is 8.56. The summed E-state index contributed by atoms with van der Waals surface area (Å²) >= 11 is 1.22. The van der Waals surface area contributed by atoms with Crippen LogP contribution in [0.4, 0.5) is 5.69 Å². The minimum Gasteiger partial charge on any atom is -0.489 e. The Bertz CT molecular complexity index is 1090. The molecule has 6 nitrogen and oxygen atoms in total. The summed E-state index contributed by atoms with van der Waals surface area (Å²) in [6, 6.07) is 20.6. The molecular weight excluding hydrogens is 432 g/mol. The first kappa shape index (κ1) is 21.5. The largest absolute Gasteiger partial charge is 0.489 e. The minimum atomic E-state index is -3.45. The number of hydrogen-bond acceptors (Lipinski definition) is 5. The smallest absolute Gasteiger partial charge is 0.252 e. The lowest BCUT2D eigenvalue weighted by Crippen LogP contribution is -2.41. The van der Waals surface area contributed by atoms with E-state index in [9.17, 15) is 13.2 Å². The summed E-state index contributed by atoms with van der Waals surface area (Å²) in [6.45, 7) is 1.19. The Balaban J connectivity index is 1.27. The van der Waals surface area contributed by atoms with Gasteiger partial charge < -0.3 is 10.1 Å². The Hall–Kier alpha value is -2.68. The highest BCUT2D eigenvalue weighted by Gasteiger charge is 2.32. The predicted molar refractivity (Wildman–Crippen MR) is 122 cm³/mol. The van der Waals surface area contributed by atoms with E-state index >= 15 is 0 Å². The monoisotopic (exact) mass is 456 g/mol. The number of carbonyl (C=O) groups excluding carboxylic acids is 1. The molecule has 2 aromatic carbocycles. The van der Waals surface area contributed by atoms with Crippen molar-refractivity contribution in [1.82, 2.24) is 4.31 Å². The Morgan fingerprint density at radius 1 is 1.00 bits per heavy atom. The zero-order chi connectivity index (χ0) is 21.7. The fourth-order valence-electron chi connectivity index (χ4n) is 3.52. The number of thiophene rings is 1. The lowest BCUT2D eigenvalue weighted by molar-refractivity contribution is -0.120. The van der Waals surface area contributed by atoms with Gasteiger partial charge in [0.25, 0.3) is 10.0 Å². The van der Waals surface area contributed by atoms with Crippen LogP contribution in [0, 0.1) is 5.92 Å². The van der Waals surface area contributed by atoms with Gasteiger partial charge in [-0.1, -0.05) is 36.4 Å². The molecule has 1 amide bonds. The fraction of sp³-hybridized carbons (Fsp3) is 0.261. The predicted octanol–water partition coefficient (Wildman–Crippen LogP) is 4.37. The highest BCUT2D eigenvalue weighted by molar-refractivity contribution is 7.91. The lowest BCUT2D eigenvalue weighted by Gasteiger charge is -2.30. The van der Waals surface area contributed by atoms with Gasteiger partial charge in [0.2, 0.25) is 5.91 Å². The molecule has 1 fully saturated rings. The van der Waals surface area contributed by atoms with Crippen molar-refractivity contribution in [1.29, 1.82) is 0 Å². The number of amides is 1. The third-order valence-electron chi connectivity index (χ3n) is 5.28. The van der Waals surface area contributed by atoms with Crippen molar-refractivity contribution in [3.05, 3.63) is 77.7 Å². The summed E-state index contributed by atoms with van der Waals surface area (Å²) in [4.78, 5) is 12.6. The highest BCUT2D eigenvalue weighted by atomic mass is 32.2. The van der Waals surface area contributed by atoms with E-state index in [1.165, 1.54) is 15.6 Å². The van der Waals surface area contributed by atoms with E-state index in [1.807, 2.05) is 54.6 Å². The number of ether oxygens (including phenoxy) is 1. The number of nitrogens with one attached hydrogen (secondary N) is 1. The van der Waals surface area contributed by atoms with Crippen molar-refractivity contribution < 1.29 is 17.9 Å². The van der Waals surface area contributed by atoms with Crippen molar-refractivity contribution in [3.8, 4) is 5.75 Å². The molecule has 4 rings (SSSR count). The van der Waals surface area contributed by atoms with Crippen LogP contribution in [0.1, 0.15) is 18.4 Å².